The van der Waals surface area contributed by atoms with E-state index in [0.29, 0.717) is 0 Å². The number of nitrogens with zero attached hydrogens (tertiary/aromatic N) is 6. The number of anilines is 1. The van der Waals surface area contributed by atoms with Crippen LogP contribution in [0.1, 0.15) is 25.8 Å². The molecule has 24 heteroatoms. The normalized spacial score (nSPS) is 38.2. The van der Waals surface area contributed by atoms with Crippen molar-refractivity contribution in [1.82, 2.24) is 34.1 Å². The molecule has 4 aromatic heterocycles. The van der Waals surface area contributed by atoms with Crippen LogP contribution in [0, 0.1) is 5.82 Å². The maximum atomic E-state index is 14.8. The van der Waals surface area contributed by atoms with Gasteiger partial charge in [0.1, 0.15) is 53.4 Å². The zero-order valence-electron chi connectivity index (χ0n) is 24.0. The molecular weight excluding hydrogens is 693 g/mol. The fourth-order valence-corrected chi connectivity index (χ4v) is 8.37. The van der Waals surface area contributed by atoms with E-state index in [-0.39, 0.29) is 29.0 Å². The highest BCUT2D eigenvalue weighted by molar-refractivity contribution is 8.07. The molecule has 0 amide bonds. The largest absolute Gasteiger partial charge is 0.472 e. The van der Waals surface area contributed by atoms with Crippen molar-refractivity contribution in [3.63, 3.8) is 0 Å². The Morgan fingerprint density at radius 1 is 1.13 bits per heavy atom. The third kappa shape index (κ3) is 5.52. The molecule has 0 aliphatic carbocycles. The van der Waals surface area contributed by atoms with Gasteiger partial charge < -0.3 is 49.3 Å². The molecule has 2 bridgehead atoms. The van der Waals surface area contributed by atoms with Gasteiger partial charge in [-0.1, -0.05) is 6.92 Å². The molecule has 3 saturated heterocycles. The van der Waals surface area contributed by atoms with Crippen molar-refractivity contribution >= 4 is 54.4 Å². The van der Waals surface area contributed by atoms with Gasteiger partial charge in [-0.05, 0) is 18.2 Å². The van der Waals surface area contributed by atoms with Crippen LogP contribution < -0.4 is 11.3 Å². The van der Waals surface area contributed by atoms with Crippen LogP contribution in [0.15, 0.2) is 30.0 Å². The van der Waals surface area contributed by atoms with Crippen molar-refractivity contribution in [2.75, 3.05) is 18.9 Å². The summed E-state index contributed by atoms with van der Waals surface area (Å²) in [5, 5.41) is 22.2. The molecule has 0 aromatic carbocycles. The number of nitrogen functional groups attached to an aromatic ring is 1. The molecule has 10 atom stereocenters. The number of ether oxygens (including phenoxy) is 2. The lowest BCUT2D eigenvalue weighted by atomic mass is 9.93. The summed E-state index contributed by atoms with van der Waals surface area (Å²) in [6, 6.07) is 0. The SMILES string of the molecule is CC[C@@]12COP(O)(=S)O[C@@H]3[C@H](O)[C@@H](COP(=O)(O)O[C@H]1[C@@H](O)[C@H](n1cnc4c(N)ncnc41)O2)O[C@H]3n1cc(F)c2c(=O)[nH]cnc21. The van der Waals surface area contributed by atoms with E-state index >= 15 is 0 Å². The lowest BCUT2D eigenvalue weighted by Gasteiger charge is -2.35. The molecule has 2 unspecified atom stereocenters. The number of H-pyrrole nitrogens is 1. The van der Waals surface area contributed by atoms with Gasteiger partial charge in [-0.2, -0.15) is 0 Å². The van der Waals surface area contributed by atoms with Gasteiger partial charge in [0, 0.05) is 6.20 Å². The van der Waals surface area contributed by atoms with Crippen molar-refractivity contribution in [3.8, 4) is 0 Å². The Balaban J connectivity index is 1.25. The number of aliphatic hydroxyl groups excluding tert-OH is 2. The number of nitrogens with two attached hydrogens (primary N) is 1. The van der Waals surface area contributed by atoms with E-state index in [1.165, 1.54) is 17.2 Å². The minimum absolute atomic E-state index is 0.0421. The van der Waals surface area contributed by atoms with E-state index < -0.39 is 93.1 Å². The molecule has 3 fully saturated rings. The maximum Gasteiger partial charge on any atom is 0.472 e. The second-order valence-corrected chi connectivity index (χ2v) is 15.2. The van der Waals surface area contributed by atoms with Crippen LogP contribution in [0.3, 0.4) is 0 Å². The first kappa shape index (κ1) is 32.7. The number of nitrogens with one attached hydrogen (secondary N) is 1. The fraction of sp³-hybridized carbons (Fsp3) is 0.522. The monoisotopic (exact) mass is 720 g/mol. The van der Waals surface area contributed by atoms with Crippen LogP contribution >= 0.6 is 14.5 Å². The zero-order chi connectivity index (χ0) is 33.5. The van der Waals surface area contributed by atoms with E-state index in [2.05, 4.69) is 24.9 Å². The Hall–Kier alpha value is -2.82. The van der Waals surface area contributed by atoms with Gasteiger partial charge in [0.05, 0.1) is 25.9 Å². The van der Waals surface area contributed by atoms with Crippen LogP contribution in [0.2, 0.25) is 0 Å². The molecule has 20 nitrogen and oxygen atoms in total. The van der Waals surface area contributed by atoms with Gasteiger partial charge in [0.2, 0.25) is 0 Å². The molecule has 0 spiro atoms. The molecule has 7 N–H and O–H groups in total. The first-order chi connectivity index (χ1) is 22.2. The van der Waals surface area contributed by atoms with E-state index in [0.717, 1.165) is 17.1 Å². The lowest BCUT2D eigenvalue weighted by molar-refractivity contribution is -0.127. The summed E-state index contributed by atoms with van der Waals surface area (Å²) in [4.78, 5) is 52.8. The molecule has 3 aliphatic rings. The van der Waals surface area contributed by atoms with Gasteiger partial charge in [0.25, 0.3) is 5.56 Å². The highest BCUT2D eigenvalue weighted by Crippen LogP contribution is 2.56. The Labute approximate surface area is 267 Å². The van der Waals surface area contributed by atoms with E-state index in [9.17, 15) is 33.7 Å². The molecule has 0 saturated carbocycles. The molecule has 4 aromatic rings. The molecule has 47 heavy (non-hydrogen) atoms. The third-order valence-corrected chi connectivity index (χ3v) is 10.8. The number of hydrogen-bond donors (Lipinski definition) is 6. The Bertz CT molecular complexity index is 2020. The highest BCUT2D eigenvalue weighted by Gasteiger charge is 2.59. The molecular formula is C23H27FN8O12P2S. The first-order valence-corrected chi connectivity index (χ1v) is 18.0. The first-order valence-electron chi connectivity index (χ1n) is 13.9. The van der Waals surface area contributed by atoms with Crippen LogP contribution in [0.4, 0.5) is 10.2 Å². The highest BCUT2D eigenvalue weighted by atomic mass is 32.5. The van der Waals surface area contributed by atoms with Crippen molar-refractivity contribution in [2.24, 2.45) is 0 Å². The second kappa shape index (κ2) is 11.7. The fourth-order valence-electron chi connectivity index (χ4n) is 5.93. The van der Waals surface area contributed by atoms with Gasteiger partial charge in [-0.3, -0.25) is 22.9 Å². The number of aromatic amines is 1. The molecule has 3 aliphatic heterocycles. The zero-order valence-corrected chi connectivity index (χ0v) is 26.6. The Kier molecular flexibility index (Phi) is 8.11. The smallest absolute Gasteiger partial charge is 0.387 e. The number of fused-ring (bicyclic) bond motifs is 5. The standard InChI is InChI=1S/C23H27FN8O12P2S/c1-2-23-5-40-46(38,47)43-15-13(33)10(41-22(15)31-3-9(24)11-18(31)27-7-29-20(11)35)4-39-45(36,37)44-16(23)14(34)21(42-23)32-8-30-12-17(25)26-6-28-19(12)32/h3,6-8,10,13-16,21-22,33-34H,2,4-5H2,1H3,(H,36,37)(H,38,47)(H2,25,26,28)(H,27,29,35)/t10-,13-,14-,15-,16+,21-,22-,23-,46?/m1/s1. The number of aliphatic hydroxyl groups is 2. The quantitative estimate of drug-likeness (QED) is 0.148. The predicted octanol–water partition coefficient (Wildman–Crippen LogP) is -0.283. The number of rotatable bonds is 3. The van der Waals surface area contributed by atoms with Crippen molar-refractivity contribution in [3.05, 3.63) is 41.3 Å². The molecule has 7 heterocycles. The Morgan fingerprint density at radius 3 is 2.68 bits per heavy atom. The summed E-state index contributed by atoms with van der Waals surface area (Å²) >= 11 is 5.28. The topological polar surface area (TPSA) is 274 Å². The summed E-state index contributed by atoms with van der Waals surface area (Å²) < 4.78 is 64.7. The predicted molar refractivity (Wildman–Crippen MR) is 157 cm³/mol. The second-order valence-electron chi connectivity index (χ2n) is 11.0. The van der Waals surface area contributed by atoms with Crippen LogP contribution in [-0.2, 0) is 43.9 Å². The average Bonchev–Trinajstić information content (AvgIpc) is 3.75. The van der Waals surface area contributed by atoms with Crippen molar-refractivity contribution in [1.29, 1.82) is 0 Å². The summed E-state index contributed by atoms with van der Waals surface area (Å²) in [5.41, 5.74) is 3.49. The number of halogens is 1. The average molecular weight is 721 g/mol. The minimum Gasteiger partial charge on any atom is -0.387 e. The summed E-state index contributed by atoms with van der Waals surface area (Å²) in [7, 11) is -5.10. The number of phosphoric acid groups is 1. The van der Waals surface area contributed by atoms with E-state index in [4.69, 9.17) is 45.1 Å². The van der Waals surface area contributed by atoms with E-state index in [1.807, 2.05) is 0 Å². The lowest BCUT2D eigenvalue weighted by Crippen LogP contribution is -2.47. The Morgan fingerprint density at radius 2 is 1.91 bits per heavy atom. The van der Waals surface area contributed by atoms with Crippen molar-refractivity contribution < 1.29 is 56.5 Å². The maximum absolute atomic E-state index is 14.8. The third-order valence-electron chi connectivity index (χ3n) is 8.27. The van der Waals surface area contributed by atoms with Gasteiger partial charge in [-0.25, -0.2) is 28.9 Å². The minimum atomic E-state index is -5.10. The molecule has 254 valence electrons. The molecule has 7 rings (SSSR count). The van der Waals surface area contributed by atoms with Crippen LogP contribution in [0.5, 0.6) is 0 Å². The summed E-state index contributed by atoms with van der Waals surface area (Å²) in [6.07, 6.45) is -6.64. The van der Waals surface area contributed by atoms with E-state index in [1.54, 1.807) is 6.92 Å². The molecule has 0 radical (unpaired) electrons. The van der Waals surface area contributed by atoms with Crippen LogP contribution in [-0.4, -0.2) is 103 Å². The van der Waals surface area contributed by atoms with Crippen LogP contribution in [0.25, 0.3) is 22.2 Å². The number of phosphoric ester groups is 1. The van der Waals surface area contributed by atoms with Gasteiger partial charge in [-0.15, -0.1) is 0 Å². The number of imidazole rings is 1. The summed E-state index contributed by atoms with van der Waals surface area (Å²) in [5.74, 6) is -0.925. The van der Waals surface area contributed by atoms with Gasteiger partial charge >= 0.3 is 14.5 Å². The number of hydrogen-bond acceptors (Lipinski definition) is 16. The summed E-state index contributed by atoms with van der Waals surface area (Å²) in [6.45, 7) is -4.26. The van der Waals surface area contributed by atoms with Gasteiger partial charge in [0.15, 0.2) is 35.4 Å². The van der Waals surface area contributed by atoms with Crippen molar-refractivity contribution in [2.45, 2.75) is 61.9 Å². The number of aromatic nitrogens is 7.